The molecule has 4 heteroatoms. The van der Waals surface area contributed by atoms with Crippen LogP contribution in [0, 0.1) is 11.3 Å². The van der Waals surface area contributed by atoms with Gasteiger partial charge in [-0.25, -0.2) is 0 Å². The number of nitrogens with two attached hydrogens (primary N) is 1. The van der Waals surface area contributed by atoms with Crippen molar-refractivity contribution in [2.24, 2.45) is 11.7 Å². The van der Waals surface area contributed by atoms with Crippen LogP contribution in [0.15, 0.2) is 18.5 Å². The molecule has 0 aromatic carbocycles. The molecule has 14 heavy (non-hydrogen) atoms. The molecular weight excluding hydrogens is 178 g/mol. The number of amidine groups is 1. The lowest BCUT2D eigenvalue weighted by Crippen LogP contribution is -2.14. The first-order valence-corrected chi connectivity index (χ1v) is 4.68. The standard InChI is InChI=1S/C10H13N3O/c11-10(12)8-3-4-13-5-9(8)14-6-7-1-2-7/h3-5,7H,1-2,6H2,(H3,11,12). The van der Waals surface area contributed by atoms with Crippen molar-refractivity contribution in [3.05, 3.63) is 24.0 Å². The quantitative estimate of drug-likeness (QED) is 0.554. The zero-order chi connectivity index (χ0) is 9.97. The molecule has 0 aliphatic heterocycles. The fourth-order valence-electron chi connectivity index (χ4n) is 1.21. The van der Waals surface area contributed by atoms with Gasteiger partial charge in [-0.2, -0.15) is 0 Å². The number of pyridine rings is 1. The SMILES string of the molecule is N=C(N)c1ccncc1OCC1CC1. The summed E-state index contributed by atoms with van der Waals surface area (Å²) >= 11 is 0. The van der Waals surface area contributed by atoms with Crippen LogP contribution < -0.4 is 10.5 Å². The number of rotatable bonds is 4. The summed E-state index contributed by atoms with van der Waals surface area (Å²) in [6.45, 7) is 0.714. The Morgan fingerprint density at radius 2 is 2.43 bits per heavy atom. The van der Waals surface area contributed by atoms with Gasteiger partial charge in [-0.1, -0.05) is 0 Å². The number of aromatic nitrogens is 1. The Morgan fingerprint density at radius 3 is 3.07 bits per heavy atom. The minimum Gasteiger partial charge on any atom is -0.491 e. The monoisotopic (exact) mass is 191 g/mol. The molecule has 1 fully saturated rings. The molecule has 0 unspecified atom stereocenters. The maximum Gasteiger partial charge on any atom is 0.148 e. The molecule has 74 valence electrons. The largest absolute Gasteiger partial charge is 0.491 e. The second kappa shape index (κ2) is 3.65. The van der Waals surface area contributed by atoms with Crippen LogP contribution in [0.25, 0.3) is 0 Å². The highest BCUT2D eigenvalue weighted by molar-refractivity contribution is 5.97. The van der Waals surface area contributed by atoms with Crippen molar-refractivity contribution in [1.82, 2.24) is 4.98 Å². The zero-order valence-electron chi connectivity index (χ0n) is 7.86. The molecule has 1 aliphatic rings. The van der Waals surface area contributed by atoms with Gasteiger partial charge in [0.1, 0.15) is 11.6 Å². The van der Waals surface area contributed by atoms with Crippen molar-refractivity contribution >= 4 is 5.84 Å². The minimum atomic E-state index is 0.0261. The van der Waals surface area contributed by atoms with E-state index in [1.807, 2.05) is 0 Å². The fraction of sp³-hybridized carbons (Fsp3) is 0.400. The smallest absolute Gasteiger partial charge is 0.148 e. The van der Waals surface area contributed by atoms with Gasteiger partial charge in [0.05, 0.1) is 18.4 Å². The van der Waals surface area contributed by atoms with E-state index in [1.54, 1.807) is 18.5 Å². The summed E-state index contributed by atoms with van der Waals surface area (Å²) in [6, 6.07) is 1.70. The van der Waals surface area contributed by atoms with Crippen molar-refractivity contribution < 1.29 is 4.74 Å². The second-order valence-electron chi connectivity index (χ2n) is 3.54. The Labute approximate surface area is 82.6 Å². The Kier molecular flexibility index (Phi) is 2.35. The van der Waals surface area contributed by atoms with Gasteiger partial charge in [-0.05, 0) is 24.8 Å². The molecule has 1 aliphatic carbocycles. The predicted octanol–water partition coefficient (Wildman–Crippen LogP) is 1.15. The van der Waals surface area contributed by atoms with Crippen LogP contribution in [-0.4, -0.2) is 17.4 Å². The molecule has 0 amide bonds. The van der Waals surface area contributed by atoms with E-state index in [9.17, 15) is 0 Å². The van der Waals surface area contributed by atoms with E-state index in [-0.39, 0.29) is 5.84 Å². The molecule has 4 nitrogen and oxygen atoms in total. The first-order chi connectivity index (χ1) is 6.77. The second-order valence-corrected chi connectivity index (χ2v) is 3.54. The van der Waals surface area contributed by atoms with Gasteiger partial charge >= 0.3 is 0 Å². The number of hydrogen-bond acceptors (Lipinski definition) is 3. The summed E-state index contributed by atoms with van der Waals surface area (Å²) in [5.41, 5.74) is 6.04. The molecular formula is C10H13N3O. The van der Waals surface area contributed by atoms with Crippen molar-refractivity contribution in [1.29, 1.82) is 5.41 Å². The lowest BCUT2D eigenvalue weighted by Gasteiger charge is -2.08. The topological polar surface area (TPSA) is 72.0 Å². The third kappa shape index (κ3) is 2.02. The number of nitrogens with zero attached hydrogens (tertiary/aromatic N) is 1. The Morgan fingerprint density at radius 1 is 1.64 bits per heavy atom. The summed E-state index contributed by atoms with van der Waals surface area (Å²) in [5, 5.41) is 7.35. The summed E-state index contributed by atoms with van der Waals surface area (Å²) < 4.78 is 5.54. The first kappa shape index (κ1) is 8.99. The third-order valence-electron chi connectivity index (χ3n) is 2.25. The molecule has 0 atom stereocenters. The predicted molar refractivity (Wildman–Crippen MR) is 53.5 cm³/mol. The van der Waals surface area contributed by atoms with Gasteiger partial charge in [0.25, 0.3) is 0 Å². The molecule has 0 spiro atoms. The highest BCUT2D eigenvalue weighted by atomic mass is 16.5. The van der Waals surface area contributed by atoms with Crippen LogP contribution in [0.2, 0.25) is 0 Å². The fourth-order valence-corrected chi connectivity index (χ4v) is 1.21. The normalized spacial score (nSPS) is 15.1. The summed E-state index contributed by atoms with van der Waals surface area (Å²) in [4.78, 5) is 3.95. The van der Waals surface area contributed by atoms with Crippen LogP contribution in [0.4, 0.5) is 0 Å². The van der Waals surface area contributed by atoms with Crippen LogP contribution >= 0.6 is 0 Å². The Bertz CT molecular complexity index is 347. The molecule has 0 saturated heterocycles. The van der Waals surface area contributed by atoms with Crippen molar-refractivity contribution in [2.75, 3.05) is 6.61 Å². The summed E-state index contributed by atoms with van der Waals surface area (Å²) in [6.07, 6.45) is 5.71. The molecule has 1 saturated carbocycles. The molecule has 1 aromatic rings. The molecule has 0 radical (unpaired) electrons. The average molecular weight is 191 g/mol. The summed E-state index contributed by atoms with van der Waals surface area (Å²) in [7, 11) is 0. The van der Waals surface area contributed by atoms with E-state index >= 15 is 0 Å². The summed E-state index contributed by atoms with van der Waals surface area (Å²) in [5.74, 6) is 1.33. The van der Waals surface area contributed by atoms with Crippen molar-refractivity contribution in [3.63, 3.8) is 0 Å². The van der Waals surface area contributed by atoms with Crippen LogP contribution in [0.3, 0.4) is 0 Å². The maximum atomic E-state index is 7.35. The van der Waals surface area contributed by atoms with Crippen LogP contribution in [0.5, 0.6) is 5.75 Å². The zero-order valence-corrected chi connectivity index (χ0v) is 7.86. The van der Waals surface area contributed by atoms with E-state index in [1.165, 1.54) is 12.8 Å². The molecule has 2 rings (SSSR count). The number of nitrogens with one attached hydrogen (secondary N) is 1. The highest BCUT2D eigenvalue weighted by Gasteiger charge is 2.22. The Hall–Kier alpha value is -1.58. The van der Waals surface area contributed by atoms with Crippen LogP contribution in [0.1, 0.15) is 18.4 Å². The van der Waals surface area contributed by atoms with E-state index < -0.39 is 0 Å². The van der Waals surface area contributed by atoms with Gasteiger partial charge in [0.2, 0.25) is 0 Å². The number of ether oxygens (including phenoxy) is 1. The lowest BCUT2D eigenvalue weighted by molar-refractivity contribution is 0.298. The van der Waals surface area contributed by atoms with Crippen LogP contribution in [-0.2, 0) is 0 Å². The van der Waals surface area contributed by atoms with Gasteiger partial charge in [-0.15, -0.1) is 0 Å². The molecule has 3 N–H and O–H groups in total. The van der Waals surface area contributed by atoms with E-state index in [0.29, 0.717) is 23.8 Å². The van der Waals surface area contributed by atoms with E-state index in [4.69, 9.17) is 15.9 Å². The average Bonchev–Trinajstić information content (AvgIpc) is 2.98. The minimum absolute atomic E-state index is 0.0261. The van der Waals surface area contributed by atoms with Crippen molar-refractivity contribution in [2.45, 2.75) is 12.8 Å². The van der Waals surface area contributed by atoms with E-state index in [2.05, 4.69) is 4.98 Å². The van der Waals surface area contributed by atoms with Gasteiger partial charge < -0.3 is 10.5 Å². The van der Waals surface area contributed by atoms with Gasteiger partial charge in [0.15, 0.2) is 0 Å². The lowest BCUT2D eigenvalue weighted by atomic mass is 10.2. The highest BCUT2D eigenvalue weighted by Crippen LogP contribution is 2.30. The Balaban J connectivity index is 2.09. The van der Waals surface area contributed by atoms with Gasteiger partial charge in [0, 0.05) is 6.20 Å². The van der Waals surface area contributed by atoms with Crippen molar-refractivity contribution in [3.8, 4) is 5.75 Å². The first-order valence-electron chi connectivity index (χ1n) is 4.68. The maximum absolute atomic E-state index is 7.35. The molecule has 1 heterocycles. The van der Waals surface area contributed by atoms with Gasteiger partial charge in [-0.3, -0.25) is 10.4 Å². The van der Waals surface area contributed by atoms with E-state index in [0.717, 1.165) is 0 Å². The number of nitrogen functional groups attached to an aromatic ring is 1. The number of hydrogen-bond donors (Lipinski definition) is 2. The molecule has 1 aromatic heterocycles. The third-order valence-corrected chi connectivity index (χ3v) is 2.25. The molecule has 0 bridgehead atoms.